The number of anilines is 1. The van der Waals surface area contributed by atoms with E-state index in [9.17, 15) is 18.3 Å². The minimum Gasteiger partial charge on any atom is -0.478 e. The average molecular weight is 358 g/mol. The molecule has 8 heteroatoms. The van der Waals surface area contributed by atoms with Crippen molar-refractivity contribution in [2.75, 3.05) is 25.6 Å². The van der Waals surface area contributed by atoms with Crippen molar-refractivity contribution < 1.29 is 23.1 Å². The number of methoxy groups -OCH3 is 1. The third-order valence-corrected chi connectivity index (χ3v) is 5.04. The molecule has 7 nitrogen and oxygen atoms in total. The van der Waals surface area contributed by atoms with Crippen molar-refractivity contribution in [1.82, 2.24) is 4.72 Å². The van der Waals surface area contributed by atoms with Crippen LogP contribution in [0, 0.1) is 0 Å². The van der Waals surface area contributed by atoms with Gasteiger partial charge in [0.15, 0.2) is 0 Å². The first-order valence-electron chi connectivity index (χ1n) is 7.94. The Bertz CT molecular complexity index is 646. The van der Waals surface area contributed by atoms with Gasteiger partial charge in [-0.1, -0.05) is 13.3 Å². The number of carboxylic acids is 1. The molecule has 0 fully saturated rings. The molecule has 0 aromatic heterocycles. The van der Waals surface area contributed by atoms with E-state index in [-0.39, 0.29) is 16.5 Å². The summed E-state index contributed by atoms with van der Waals surface area (Å²) in [7, 11) is -2.15. The van der Waals surface area contributed by atoms with Crippen LogP contribution in [0.15, 0.2) is 23.1 Å². The number of hydrogen-bond acceptors (Lipinski definition) is 5. The van der Waals surface area contributed by atoms with Crippen LogP contribution in [0.1, 0.15) is 43.5 Å². The molecule has 1 aromatic carbocycles. The lowest BCUT2D eigenvalue weighted by molar-refractivity contribution is 0.0697. The topological polar surface area (TPSA) is 105 Å². The number of ether oxygens (including phenoxy) is 1. The molecule has 0 amide bonds. The van der Waals surface area contributed by atoms with Gasteiger partial charge in [0, 0.05) is 32.0 Å². The van der Waals surface area contributed by atoms with Crippen LogP contribution in [0.2, 0.25) is 0 Å². The molecule has 0 saturated heterocycles. The van der Waals surface area contributed by atoms with E-state index in [2.05, 4.69) is 10.0 Å². The highest BCUT2D eigenvalue weighted by Crippen LogP contribution is 2.21. The van der Waals surface area contributed by atoms with Crippen LogP contribution in [0.4, 0.5) is 5.69 Å². The number of aromatic carboxylic acids is 1. The summed E-state index contributed by atoms with van der Waals surface area (Å²) in [4.78, 5) is 11.4. The third-order valence-electron chi connectivity index (χ3n) is 3.45. The first-order chi connectivity index (χ1) is 11.3. The maximum Gasteiger partial charge on any atom is 0.337 e. The second-order valence-electron chi connectivity index (χ2n) is 5.60. The Morgan fingerprint density at radius 3 is 2.67 bits per heavy atom. The largest absolute Gasteiger partial charge is 0.478 e. The van der Waals surface area contributed by atoms with Gasteiger partial charge in [-0.2, -0.15) is 0 Å². The minimum atomic E-state index is -3.74. The van der Waals surface area contributed by atoms with E-state index in [0.717, 1.165) is 6.42 Å². The van der Waals surface area contributed by atoms with Crippen molar-refractivity contribution in [3.8, 4) is 0 Å². The summed E-state index contributed by atoms with van der Waals surface area (Å²) in [6.45, 7) is 4.84. The van der Waals surface area contributed by atoms with Crippen LogP contribution in [0.25, 0.3) is 0 Å². The zero-order chi connectivity index (χ0) is 18.2. The smallest absolute Gasteiger partial charge is 0.337 e. The molecule has 0 heterocycles. The lowest BCUT2D eigenvalue weighted by Crippen LogP contribution is -2.32. The molecule has 3 N–H and O–H groups in total. The van der Waals surface area contributed by atoms with Gasteiger partial charge in [0.25, 0.3) is 0 Å². The SMILES string of the molecule is CCC[C@@H](C)NS(=O)(=O)c1ccc(NCCCOC)c(C(=O)O)c1. The number of benzene rings is 1. The molecule has 0 spiro atoms. The summed E-state index contributed by atoms with van der Waals surface area (Å²) < 4.78 is 32.2. The van der Waals surface area contributed by atoms with Gasteiger partial charge in [-0.05, 0) is 38.0 Å². The Morgan fingerprint density at radius 2 is 2.08 bits per heavy atom. The van der Waals surface area contributed by atoms with Gasteiger partial charge in [-0.3, -0.25) is 0 Å². The number of nitrogens with one attached hydrogen (secondary N) is 2. The Kier molecular flexibility index (Phi) is 8.17. The van der Waals surface area contributed by atoms with E-state index in [4.69, 9.17) is 4.74 Å². The fourth-order valence-corrected chi connectivity index (χ4v) is 3.59. The van der Waals surface area contributed by atoms with E-state index >= 15 is 0 Å². The summed E-state index contributed by atoms with van der Waals surface area (Å²) in [5.74, 6) is -1.18. The average Bonchev–Trinajstić information content (AvgIpc) is 2.51. The molecular formula is C16H26N2O5S. The van der Waals surface area contributed by atoms with Gasteiger partial charge in [0.2, 0.25) is 10.0 Å². The van der Waals surface area contributed by atoms with Crippen LogP contribution in [0.5, 0.6) is 0 Å². The second kappa shape index (κ2) is 9.61. The molecule has 0 aliphatic heterocycles. The zero-order valence-electron chi connectivity index (χ0n) is 14.3. The molecule has 1 rings (SSSR count). The minimum absolute atomic E-state index is 0.0507. The maximum atomic E-state index is 12.4. The maximum absolute atomic E-state index is 12.4. The van der Waals surface area contributed by atoms with Gasteiger partial charge in [0.05, 0.1) is 10.5 Å². The fourth-order valence-electron chi connectivity index (χ4n) is 2.29. The highest BCUT2D eigenvalue weighted by atomic mass is 32.2. The number of rotatable bonds is 11. The van der Waals surface area contributed by atoms with Crippen molar-refractivity contribution in [1.29, 1.82) is 0 Å². The van der Waals surface area contributed by atoms with Crippen LogP contribution < -0.4 is 10.0 Å². The van der Waals surface area contributed by atoms with Crippen molar-refractivity contribution in [3.63, 3.8) is 0 Å². The molecular weight excluding hydrogens is 332 g/mol. The Balaban J connectivity index is 2.98. The summed E-state index contributed by atoms with van der Waals surface area (Å²) in [6.07, 6.45) is 2.28. The molecule has 0 unspecified atom stereocenters. The van der Waals surface area contributed by atoms with Crippen molar-refractivity contribution in [2.24, 2.45) is 0 Å². The van der Waals surface area contributed by atoms with E-state index in [1.165, 1.54) is 18.2 Å². The number of carbonyl (C=O) groups is 1. The van der Waals surface area contributed by atoms with E-state index in [1.54, 1.807) is 14.0 Å². The monoisotopic (exact) mass is 358 g/mol. The van der Waals surface area contributed by atoms with Gasteiger partial charge in [-0.15, -0.1) is 0 Å². The Hall–Kier alpha value is -1.64. The number of hydrogen-bond donors (Lipinski definition) is 3. The van der Waals surface area contributed by atoms with Gasteiger partial charge in [0.1, 0.15) is 0 Å². The fraction of sp³-hybridized carbons (Fsp3) is 0.562. The third kappa shape index (κ3) is 6.10. The summed E-state index contributed by atoms with van der Waals surface area (Å²) in [6, 6.07) is 3.86. The first-order valence-corrected chi connectivity index (χ1v) is 9.42. The molecule has 1 atom stereocenters. The molecule has 136 valence electrons. The van der Waals surface area contributed by atoms with Crippen molar-refractivity contribution in [2.45, 2.75) is 44.0 Å². The molecule has 0 bridgehead atoms. The normalized spacial score (nSPS) is 12.8. The summed E-state index contributed by atoms with van der Waals surface area (Å²) in [5, 5.41) is 12.3. The standard InChI is InChI=1S/C16H26N2O5S/c1-4-6-12(2)18-24(21,22)13-7-8-15(14(11-13)16(19)20)17-9-5-10-23-3/h7-8,11-12,17-18H,4-6,9-10H2,1-3H3,(H,19,20)/t12-/m1/s1. The predicted molar refractivity (Wildman–Crippen MR) is 93.1 cm³/mol. The molecule has 0 radical (unpaired) electrons. The predicted octanol–water partition coefficient (Wildman–Crippen LogP) is 2.30. The van der Waals surface area contributed by atoms with E-state index in [0.29, 0.717) is 31.7 Å². The summed E-state index contributed by atoms with van der Waals surface area (Å²) in [5.41, 5.74) is 0.317. The molecule has 0 saturated carbocycles. The van der Waals surface area contributed by atoms with Crippen LogP contribution >= 0.6 is 0 Å². The lowest BCUT2D eigenvalue weighted by atomic mass is 10.2. The van der Waals surface area contributed by atoms with Crippen molar-refractivity contribution in [3.05, 3.63) is 23.8 Å². The highest BCUT2D eigenvalue weighted by molar-refractivity contribution is 7.89. The van der Waals surface area contributed by atoms with Gasteiger partial charge >= 0.3 is 5.97 Å². The molecule has 0 aliphatic carbocycles. The number of sulfonamides is 1. The van der Waals surface area contributed by atoms with E-state index < -0.39 is 16.0 Å². The highest BCUT2D eigenvalue weighted by Gasteiger charge is 2.20. The quantitative estimate of drug-likeness (QED) is 0.524. The molecule has 1 aromatic rings. The van der Waals surface area contributed by atoms with Crippen molar-refractivity contribution >= 4 is 21.7 Å². The lowest BCUT2D eigenvalue weighted by Gasteiger charge is -2.15. The van der Waals surface area contributed by atoms with Crippen LogP contribution in [-0.2, 0) is 14.8 Å². The zero-order valence-corrected chi connectivity index (χ0v) is 15.1. The molecule has 24 heavy (non-hydrogen) atoms. The van der Waals surface area contributed by atoms with Crippen LogP contribution in [-0.4, -0.2) is 45.8 Å². The van der Waals surface area contributed by atoms with Crippen LogP contribution in [0.3, 0.4) is 0 Å². The summed E-state index contributed by atoms with van der Waals surface area (Å²) >= 11 is 0. The van der Waals surface area contributed by atoms with E-state index in [1.807, 2.05) is 6.92 Å². The molecule has 0 aliphatic rings. The van der Waals surface area contributed by atoms with Gasteiger partial charge < -0.3 is 15.2 Å². The second-order valence-corrected chi connectivity index (χ2v) is 7.31. The van der Waals surface area contributed by atoms with Gasteiger partial charge in [-0.25, -0.2) is 17.9 Å². The first kappa shape index (κ1) is 20.4. The number of carboxylic acid groups (broad SMARTS) is 1. The Labute approximate surface area is 143 Å². The Morgan fingerprint density at radius 1 is 1.38 bits per heavy atom.